The number of aliphatic hydroxyl groups is 1. The largest absolute Gasteiger partial charge is 0.489 e. The average molecular weight is 489 g/mol. The van der Waals surface area contributed by atoms with Gasteiger partial charge in [0, 0.05) is 19.1 Å². The molecule has 0 bridgehead atoms. The lowest BCUT2D eigenvalue weighted by molar-refractivity contribution is -0.137. The van der Waals surface area contributed by atoms with Crippen LogP contribution in [0.1, 0.15) is 34.7 Å². The molecular formula is C28H28N2O6. The zero-order valence-electron chi connectivity index (χ0n) is 19.8. The highest BCUT2D eigenvalue weighted by atomic mass is 16.5. The SMILES string of the molecule is CO.N=C(COc1ccc(COc2ccc(C(CC(=O)O)c3ccon3)cc2)cc1)c1ccccc1. The van der Waals surface area contributed by atoms with Crippen molar-refractivity contribution in [2.75, 3.05) is 13.7 Å². The normalized spacial score (nSPS) is 11.1. The van der Waals surface area contributed by atoms with Crippen LogP contribution in [0.3, 0.4) is 0 Å². The van der Waals surface area contributed by atoms with Crippen molar-refractivity contribution in [3.05, 3.63) is 114 Å². The summed E-state index contributed by atoms with van der Waals surface area (Å²) in [5.41, 5.74) is 3.64. The van der Waals surface area contributed by atoms with Crippen LogP contribution in [-0.4, -0.2) is 40.8 Å². The van der Waals surface area contributed by atoms with Gasteiger partial charge in [0.15, 0.2) is 0 Å². The number of aromatic nitrogens is 1. The van der Waals surface area contributed by atoms with Crippen LogP contribution in [0.25, 0.3) is 0 Å². The van der Waals surface area contributed by atoms with Crippen LogP contribution in [0.15, 0.2) is 95.7 Å². The van der Waals surface area contributed by atoms with Gasteiger partial charge < -0.3 is 29.6 Å². The Kier molecular flexibility index (Phi) is 9.79. The van der Waals surface area contributed by atoms with Gasteiger partial charge in [0.25, 0.3) is 0 Å². The van der Waals surface area contributed by atoms with E-state index in [1.165, 1.54) is 6.26 Å². The van der Waals surface area contributed by atoms with E-state index < -0.39 is 5.97 Å². The van der Waals surface area contributed by atoms with Gasteiger partial charge in [0.05, 0.1) is 17.8 Å². The Morgan fingerprint density at radius 1 is 0.917 bits per heavy atom. The maximum Gasteiger partial charge on any atom is 0.304 e. The van der Waals surface area contributed by atoms with E-state index >= 15 is 0 Å². The third kappa shape index (κ3) is 7.54. The molecule has 0 aliphatic rings. The number of carbonyl (C=O) groups is 1. The number of aliphatic hydroxyl groups excluding tert-OH is 1. The van der Waals surface area contributed by atoms with Crippen molar-refractivity contribution in [3.63, 3.8) is 0 Å². The fourth-order valence-electron chi connectivity index (χ4n) is 3.49. The molecule has 0 radical (unpaired) electrons. The molecule has 0 saturated heterocycles. The lowest BCUT2D eigenvalue weighted by Crippen LogP contribution is -2.11. The van der Waals surface area contributed by atoms with E-state index in [2.05, 4.69) is 5.16 Å². The number of hydrogen-bond acceptors (Lipinski definition) is 7. The summed E-state index contributed by atoms with van der Waals surface area (Å²) in [6.45, 7) is 0.574. The standard InChI is InChI=1S/C27H24N2O5.CH4O/c28-25(21-4-2-1-3-5-21)18-33-22-10-6-19(7-11-22)17-32-23-12-8-20(9-13-23)24(16-27(30)31)26-14-15-34-29-26;1-2/h1-15,24,28H,16-18H2,(H,30,31);2H,1H3. The first-order valence-corrected chi connectivity index (χ1v) is 11.2. The highest BCUT2D eigenvalue weighted by Gasteiger charge is 2.20. The lowest BCUT2D eigenvalue weighted by Gasteiger charge is -2.13. The summed E-state index contributed by atoms with van der Waals surface area (Å²) in [4.78, 5) is 11.3. The van der Waals surface area contributed by atoms with Crippen molar-refractivity contribution in [1.82, 2.24) is 5.16 Å². The van der Waals surface area contributed by atoms with Crippen molar-refractivity contribution in [2.24, 2.45) is 0 Å². The van der Waals surface area contributed by atoms with Crippen molar-refractivity contribution in [3.8, 4) is 11.5 Å². The summed E-state index contributed by atoms with van der Waals surface area (Å²) >= 11 is 0. The molecule has 0 aliphatic heterocycles. The molecule has 1 heterocycles. The van der Waals surface area contributed by atoms with E-state index in [1.54, 1.807) is 6.07 Å². The smallest absolute Gasteiger partial charge is 0.304 e. The minimum Gasteiger partial charge on any atom is -0.489 e. The quantitative estimate of drug-likeness (QED) is 0.256. The van der Waals surface area contributed by atoms with Gasteiger partial charge in [0.2, 0.25) is 0 Å². The molecule has 0 saturated carbocycles. The van der Waals surface area contributed by atoms with Crippen molar-refractivity contribution in [2.45, 2.75) is 18.9 Å². The second kappa shape index (κ2) is 13.5. The fourth-order valence-corrected chi connectivity index (χ4v) is 3.49. The highest BCUT2D eigenvalue weighted by Crippen LogP contribution is 2.28. The summed E-state index contributed by atoms with van der Waals surface area (Å²) in [5, 5.41) is 28.3. The van der Waals surface area contributed by atoms with Crippen molar-refractivity contribution < 1.29 is 29.0 Å². The zero-order chi connectivity index (χ0) is 25.8. The predicted octanol–water partition coefficient (Wildman–Crippen LogP) is 4.92. The van der Waals surface area contributed by atoms with E-state index in [0.717, 1.165) is 23.8 Å². The molecule has 1 aromatic heterocycles. The van der Waals surface area contributed by atoms with Gasteiger partial charge in [-0.05, 0) is 41.0 Å². The predicted molar refractivity (Wildman–Crippen MR) is 135 cm³/mol. The van der Waals surface area contributed by atoms with Crippen LogP contribution < -0.4 is 9.47 Å². The maximum atomic E-state index is 11.3. The number of carboxylic acid groups (broad SMARTS) is 1. The van der Waals surface area contributed by atoms with Crippen LogP contribution in [0.4, 0.5) is 0 Å². The first kappa shape index (κ1) is 26.2. The number of aliphatic carboxylic acids is 1. The van der Waals surface area contributed by atoms with E-state index in [1.807, 2.05) is 78.9 Å². The number of nitrogens with zero attached hydrogens (tertiary/aromatic N) is 1. The highest BCUT2D eigenvalue weighted by molar-refractivity contribution is 5.99. The van der Waals surface area contributed by atoms with Crippen LogP contribution in [0.5, 0.6) is 11.5 Å². The van der Waals surface area contributed by atoms with E-state index in [-0.39, 0.29) is 18.9 Å². The van der Waals surface area contributed by atoms with Crippen LogP contribution >= 0.6 is 0 Å². The Hall–Kier alpha value is -4.43. The third-order valence-corrected chi connectivity index (χ3v) is 5.31. The summed E-state index contributed by atoms with van der Waals surface area (Å²) < 4.78 is 16.5. The first-order chi connectivity index (χ1) is 17.6. The Morgan fingerprint density at radius 2 is 1.56 bits per heavy atom. The Balaban J connectivity index is 0.00000176. The molecule has 0 amide bonds. The third-order valence-electron chi connectivity index (χ3n) is 5.31. The zero-order valence-corrected chi connectivity index (χ0v) is 19.8. The topological polar surface area (TPSA) is 126 Å². The number of hydrogen-bond donors (Lipinski definition) is 3. The Bertz CT molecular complexity index is 1210. The summed E-state index contributed by atoms with van der Waals surface area (Å²) in [5.74, 6) is 0.0691. The minimum atomic E-state index is -0.905. The van der Waals surface area contributed by atoms with Crippen LogP contribution in [0, 0.1) is 5.41 Å². The van der Waals surface area contributed by atoms with E-state index in [9.17, 15) is 9.90 Å². The van der Waals surface area contributed by atoms with E-state index in [4.69, 9.17) is 24.5 Å². The van der Waals surface area contributed by atoms with Crippen molar-refractivity contribution in [1.29, 1.82) is 5.41 Å². The molecule has 0 spiro atoms. The van der Waals surface area contributed by atoms with Crippen molar-refractivity contribution >= 4 is 11.7 Å². The van der Waals surface area contributed by atoms with Gasteiger partial charge in [-0.15, -0.1) is 0 Å². The van der Waals surface area contributed by atoms with E-state index in [0.29, 0.717) is 29.5 Å². The van der Waals surface area contributed by atoms with Crippen LogP contribution in [-0.2, 0) is 11.4 Å². The number of benzene rings is 3. The second-order valence-electron chi connectivity index (χ2n) is 7.71. The first-order valence-electron chi connectivity index (χ1n) is 11.2. The molecule has 4 rings (SSSR count). The van der Waals surface area contributed by atoms with Gasteiger partial charge >= 0.3 is 5.97 Å². The molecular weight excluding hydrogens is 460 g/mol. The van der Waals surface area contributed by atoms with Gasteiger partial charge in [-0.25, -0.2) is 0 Å². The molecule has 1 unspecified atom stereocenters. The molecule has 8 heteroatoms. The fraction of sp³-hybridized carbons (Fsp3) is 0.179. The average Bonchev–Trinajstić information content (AvgIpc) is 3.46. The number of carboxylic acids is 1. The Morgan fingerprint density at radius 3 is 2.17 bits per heavy atom. The van der Waals surface area contributed by atoms with Gasteiger partial charge in [0.1, 0.15) is 31.0 Å². The molecule has 0 fully saturated rings. The molecule has 36 heavy (non-hydrogen) atoms. The lowest BCUT2D eigenvalue weighted by atomic mass is 9.92. The molecule has 0 aliphatic carbocycles. The monoisotopic (exact) mass is 488 g/mol. The maximum absolute atomic E-state index is 11.3. The minimum absolute atomic E-state index is 0.0774. The van der Waals surface area contributed by atoms with Gasteiger partial charge in [-0.3, -0.25) is 4.79 Å². The summed E-state index contributed by atoms with van der Waals surface area (Å²) in [7, 11) is 1.00. The van der Waals surface area contributed by atoms with Gasteiger partial charge in [-0.1, -0.05) is 59.8 Å². The summed E-state index contributed by atoms with van der Waals surface area (Å²) in [6.07, 6.45) is 1.36. The summed E-state index contributed by atoms with van der Waals surface area (Å²) in [6, 6.07) is 26.0. The molecule has 1 atom stereocenters. The molecule has 186 valence electrons. The second-order valence-corrected chi connectivity index (χ2v) is 7.71. The Labute approximate surface area is 209 Å². The van der Waals surface area contributed by atoms with Crippen LogP contribution in [0.2, 0.25) is 0 Å². The molecule has 3 aromatic carbocycles. The number of ether oxygens (including phenoxy) is 2. The van der Waals surface area contributed by atoms with Gasteiger partial charge in [-0.2, -0.15) is 0 Å². The molecule has 3 N–H and O–H groups in total. The number of rotatable bonds is 11. The number of nitrogens with one attached hydrogen (secondary N) is 1. The molecule has 8 nitrogen and oxygen atoms in total. The molecule has 4 aromatic rings.